The first-order valence-corrected chi connectivity index (χ1v) is 10.1. The van der Waals surface area contributed by atoms with Crippen molar-refractivity contribution >= 4 is 33.4 Å². The molecule has 0 aliphatic heterocycles. The summed E-state index contributed by atoms with van der Waals surface area (Å²) >= 11 is 3.41. The van der Waals surface area contributed by atoms with Crippen molar-refractivity contribution in [1.29, 1.82) is 0 Å². The number of hydrogen-bond acceptors (Lipinski definition) is 3. The maximum absolute atomic E-state index is 12.3. The number of hydrogen-bond donors (Lipinski definition) is 2. The summed E-state index contributed by atoms with van der Waals surface area (Å²) in [5, 5.41) is 6.05. The predicted molar refractivity (Wildman–Crippen MR) is 109 cm³/mol. The van der Waals surface area contributed by atoms with Crippen molar-refractivity contribution in [2.24, 2.45) is 11.8 Å². The fourth-order valence-electron chi connectivity index (χ4n) is 3.54. The van der Waals surface area contributed by atoms with Gasteiger partial charge in [-0.3, -0.25) is 14.5 Å². The molecule has 1 saturated carbocycles. The van der Waals surface area contributed by atoms with Crippen molar-refractivity contribution in [3.8, 4) is 0 Å². The lowest BCUT2D eigenvalue weighted by atomic mass is 9.78. The van der Waals surface area contributed by atoms with Gasteiger partial charge >= 0.3 is 0 Å². The van der Waals surface area contributed by atoms with Gasteiger partial charge in [0.2, 0.25) is 11.8 Å². The average Bonchev–Trinajstić information content (AvgIpc) is 2.54. The van der Waals surface area contributed by atoms with Crippen molar-refractivity contribution in [3.05, 3.63) is 28.2 Å². The third-order valence-corrected chi connectivity index (χ3v) is 5.84. The first-order valence-electron chi connectivity index (χ1n) is 9.30. The monoisotopic (exact) mass is 423 g/mol. The lowest BCUT2D eigenvalue weighted by Crippen LogP contribution is -2.47. The molecule has 1 fully saturated rings. The molecule has 0 heterocycles. The Hall–Kier alpha value is -1.40. The van der Waals surface area contributed by atoms with Crippen molar-refractivity contribution in [2.75, 3.05) is 25.5 Å². The van der Waals surface area contributed by atoms with Crippen LogP contribution in [0.4, 0.5) is 5.69 Å². The molecule has 1 aliphatic carbocycles. The second kappa shape index (κ2) is 9.51. The van der Waals surface area contributed by atoms with E-state index in [2.05, 4.69) is 40.4 Å². The second-order valence-corrected chi connectivity index (χ2v) is 8.54. The van der Waals surface area contributed by atoms with E-state index in [-0.39, 0.29) is 30.9 Å². The molecule has 6 heteroatoms. The van der Waals surface area contributed by atoms with Gasteiger partial charge in [-0.1, -0.05) is 42.6 Å². The van der Waals surface area contributed by atoms with Gasteiger partial charge in [0.05, 0.1) is 13.1 Å². The molecule has 2 amide bonds. The van der Waals surface area contributed by atoms with Crippen LogP contribution in [-0.4, -0.2) is 42.9 Å². The average molecular weight is 424 g/mol. The van der Waals surface area contributed by atoms with Crippen LogP contribution in [0.15, 0.2) is 22.7 Å². The number of carbonyl (C=O) groups is 2. The van der Waals surface area contributed by atoms with E-state index in [0.717, 1.165) is 22.1 Å². The van der Waals surface area contributed by atoms with Crippen LogP contribution in [0, 0.1) is 18.8 Å². The minimum atomic E-state index is -0.120. The van der Waals surface area contributed by atoms with E-state index in [4.69, 9.17) is 0 Å². The highest BCUT2D eigenvalue weighted by atomic mass is 79.9. The molecule has 1 aromatic carbocycles. The number of aryl methyl sites for hydroxylation is 1. The second-order valence-electron chi connectivity index (χ2n) is 7.62. The molecule has 0 bridgehead atoms. The van der Waals surface area contributed by atoms with Crippen LogP contribution >= 0.6 is 15.9 Å². The zero-order valence-electron chi connectivity index (χ0n) is 16.1. The molecular weight excluding hydrogens is 394 g/mol. The molecule has 1 aliphatic rings. The van der Waals surface area contributed by atoms with Gasteiger partial charge in [0, 0.05) is 16.2 Å². The number of halogens is 1. The lowest BCUT2D eigenvalue weighted by molar-refractivity contribution is -0.124. The molecule has 3 unspecified atom stereocenters. The van der Waals surface area contributed by atoms with E-state index < -0.39 is 0 Å². The van der Waals surface area contributed by atoms with Gasteiger partial charge in [0.1, 0.15) is 0 Å². The first kappa shape index (κ1) is 20.9. The molecule has 2 N–H and O–H groups in total. The van der Waals surface area contributed by atoms with E-state index in [0.29, 0.717) is 11.8 Å². The Morgan fingerprint density at radius 3 is 2.58 bits per heavy atom. The van der Waals surface area contributed by atoms with E-state index in [1.807, 2.05) is 25.1 Å². The highest BCUT2D eigenvalue weighted by molar-refractivity contribution is 9.10. The Morgan fingerprint density at radius 1 is 1.19 bits per heavy atom. The molecule has 0 aromatic heterocycles. The van der Waals surface area contributed by atoms with Gasteiger partial charge in [0.25, 0.3) is 0 Å². The molecule has 3 atom stereocenters. The van der Waals surface area contributed by atoms with Gasteiger partial charge in [-0.25, -0.2) is 0 Å². The molecule has 1 aromatic rings. The van der Waals surface area contributed by atoms with E-state index >= 15 is 0 Å². The third-order valence-electron chi connectivity index (χ3n) is 5.34. The van der Waals surface area contributed by atoms with Crippen molar-refractivity contribution in [2.45, 2.75) is 46.1 Å². The van der Waals surface area contributed by atoms with Gasteiger partial charge < -0.3 is 10.6 Å². The highest BCUT2D eigenvalue weighted by Gasteiger charge is 2.28. The number of likely N-dealkylation sites (N-methyl/N-ethyl adjacent to an activating group) is 1. The summed E-state index contributed by atoms with van der Waals surface area (Å²) in [5.74, 6) is 1.02. The fourth-order valence-corrected chi connectivity index (χ4v) is 4.02. The Bertz CT molecular complexity index is 650. The Kier molecular flexibility index (Phi) is 7.65. The summed E-state index contributed by atoms with van der Waals surface area (Å²) in [4.78, 5) is 26.3. The fraction of sp³-hybridized carbons (Fsp3) is 0.600. The maximum Gasteiger partial charge on any atom is 0.238 e. The minimum Gasteiger partial charge on any atom is -0.352 e. The van der Waals surface area contributed by atoms with Gasteiger partial charge in [-0.2, -0.15) is 0 Å². The number of anilines is 1. The number of amides is 2. The molecule has 0 saturated heterocycles. The topological polar surface area (TPSA) is 61.4 Å². The van der Waals surface area contributed by atoms with Crippen molar-refractivity contribution in [1.82, 2.24) is 10.2 Å². The van der Waals surface area contributed by atoms with Crippen LogP contribution in [0.3, 0.4) is 0 Å². The van der Waals surface area contributed by atoms with Crippen LogP contribution < -0.4 is 10.6 Å². The summed E-state index contributed by atoms with van der Waals surface area (Å²) in [7, 11) is 1.79. The number of carbonyl (C=O) groups excluding carboxylic acids is 2. The number of benzene rings is 1. The molecule has 26 heavy (non-hydrogen) atoms. The molecular formula is C20H30BrN3O2. The molecule has 0 spiro atoms. The van der Waals surface area contributed by atoms with Gasteiger partial charge in [-0.15, -0.1) is 0 Å². The number of nitrogens with one attached hydrogen (secondary N) is 2. The van der Waals surface area contributed by atoms with Gasteiger partial charge in [0.15, 0.2) is 0 Å². The van der Waals surface area contributed by atoms with E-state index in [1.54, 1.807) is 11.9 Å². The number of rotatable bonds is 6. The molecule has 0 radical (unpaired) electrons. The summed E-state index contributed by atoms with van der Waals surface area (Å²) in [6.07, 6.45) is 3.45. The lowest BCUT2D eigenvalue weighted by Gasteiger charge is -2.34. The van der Waals surface area contributed by atoms with Crippen molar-refractivity contribution < 1.29 is 9.59 Å². The smallest absolute Gasteiger partial charge is 0.238 e. The van der Waals surface area contributed by atoms with E-state index in [1.165, 1.54) is 12.8 Å². The highest BCUT2D eigenvalue weighted by Crippen LogP contribution is 2.29. The SMILES string of the molecule is Cc1cc(Br)ccc1NC(=O)CN(C)CC(=O)NC1CCCC(C)C1C. The normalized spacial score (nSPS) is 22.9. The van der Waals surface area contributed by atoms with Crippen LogP contribution in [0.2, 0.25) is 0 Å². The molecule has 2 rings (SSSR count). The predicted octanol–water partition coefficient (Wildman–Crippen LogP) is 3.57. The Labute approximate surface area is 165 Å². The van der Waals surface area contributed by atoms with Crippen LogP contribution in [-0.2, 0) is 9.59 Å². The maximum atomic E-state index is 12.3. The van der Waals surface area contributed by atoms with Crippen molar-refractivity contribution in [3.63, 3.8) is 0 Å². The summed E-state index contributed by atoms with van der Waals surface area (Å²) in [6, 6.07) is 5.97. The van der Waals surface area contributed by atoms with Crippen LogP contribution in [0.25, 0.3) is 0 Å². The summed E-state index contributed by atoms with van der Waals surface area (Å²) < 4.78 is 0.980. The largest absolute Gasteiger partial charge is 0.352 e. The third kappa shape index (κ3) is 6.09. The zero-order chi connectivity index (χ0) is 19.3. The van der Waals surface area contributed by atoms with Crippen LogP contribution in [0.5, 0.6) is 0 Å². The molecule has 5 nitrogen and oxygen atoms in total. The first-order chi connectivity index (χ1) is 12.3. The van der Waals surface area contributed by atoms with E-state index in [9.17, 15) is 9.59 Å². The number of nitrogens with zero attached hydrogens (tertiary/aromatic N) is 1. The zero-order valence-corrected chi connectivity index (χ0v) is 17.7. The summed E-state index contributed by atoms with van der Waals surface area (Å²) in [5.41, 5.74) is 1.79. The Balaban J connectivity index is 1.79. The standard InChI is InChI=1S/C20H30BrN3O2/c1-13-6-5-7-18(15(13)3)23-20(26)12-24(4)11-19(25)22-17-9-8-16(21)10-14(17)2/h8-10,13,15,18H,5-7,11-12H2,1-4H3,(H,22,25)(H,23,26). The molecule has 144 valence electrons. The quantitative estimate of drug-likeness (QED) is 0.734. The Morgan fingerprint density at radius 2 is 1.88 bits per heavy atom. The van der Waals surface area contributed by atoms with Gasteiger partial charge in [-0.05, 0) is 56.0 Å². The summed E-state index contributed by atoms with van der Waals surface area (Å²) in [6.45, 7) is 6.82. The van der Waals surface area contributed by atoms with Crippen LogP contribution in [0.1, 0.15) is 38.7 Å². The minimum absolute atomic E-state index is 0.00827.